The topological polar surface area (TPSA) is 23.5 Å². The summed E-state index contributed by atoms with van der Waals surface area (Å²) in [5.74, 6) is 0.335. The summed E-state index contributed by atoms with van der Waals surface area (Å²) >= 11 is 0. The third-order valence-corrected chi connectivity index (χ3v) is 3.40. The third-order valence-electron chi connectivity index (χ3n) is 3.40. The molecule has 1 aliphatic rings. The zero-order valence-corrected chi connectivity index (χ0v) is 10.9. The average Bonchev–Trinajstić information content (AvgIpc) is 2.29. The summed E-state index contributed by atoms with van der Waals surface area (Å²) < 4.78 is 0. The Kier molecular flexibility index (Phi) is 3.25. The molecule has 17 heavy (non-hydrogen) atoms. The fourth-order valence-electron chi connectivity index (χ4n) is 2.22. The summed E-state index contributed by atoms with van der Waals surface area (Å²) in [5, 5.41) is 9.28. The van der Waals surface area contributed by atoms with Crippen LogP contribution in [-0.2, 0) is 0 Å². The summed E-state index contributed by atoms with van der Waals surface area (Å²) in [7, 11) is 0. The van der Waals surface area contributed by atoms with Gasteiger partial charge in [0.2, 0.25) is 0 Å². The molecule has 1 aromatic carbocycles. The van der Waals surface area contributed by atoms with Crippen molar-refractivity contribution in [1.82, 2.24) is 4.90 Å². The summed E-state index contributed by atoms with van der Waals surface area (Å²) in [4.78, 5) is 2.48. The number of rotatable bonds is 1. The Hall–Kier alpha value is -1.28. The molecule has 0 bridgehead atoms. The van der Waals surface area contributed by atoms with E-state index in [1.165, 1.54) is 11.1 Å². The number of phenolic OH excluding ortho intramolecular Hbond substituents is 1. The minimum Gasteiger partial charge on any atom is -0.508 e. The van der Waals surface area contributed by atoms with Gasteiger partial charge in [0.15, 0.2) is 0 Å². The highest BCUT2D eigenvalue weighted by atomic mass is 16.3. The van der Waals surface area contributed by atoms with Crippen molar-refractivity contribution in [1.29, 1.82) is 0 Å². The van der Waals surface area contributed by atoms with Crippen molar-refractivity contribution in [2.24, 2.45) is 0 Å². The van der Waals surface area contributed by atoms with Crippen molar-refractivity contribution >= 4 is 5.57 Å². The van der Waals surface area contributed by atoms with Gasteiger partial charge in [0, 0.05) is 18.6 Å². The van der Waals surface area contributed by atoms with E-state index < -0.39 is 0 Å². The van der Waals surface area contributed by atoms with Crippen LogP contribution in [0.1, 0.15) is 32.8 Å². The van der Waals surface area contributed by atoms with Crippen LogP contribution in [0.25, 0.3) is 5.57 Å². The zero-order chi connectivity index (χ0) is 12.5. The number of hydrogen-bond acceptors (Lipinski definition) is 2. The van der Waals surface area contributed by atoms with Crippen molar-refractivity contribution in [2.75, 3.05) is 13.1 Å². The second-order valence-electron chi connectivity index (χ2n) is 5.64. The minimum atomic E-state index is 0.247. The van der Waals surface area contributed by atoms with Crippen LogP contribution in [0.2, 0.25) is 0 Å². The quantitative estimate of drug-likeness (QED) is 0.801. The van der Waals surface area contributed by atoms with E-state index in [4.69, 9.17) is 0 Å². The summed E-state index contributed by atoms with van der Waals surface area (Å²) in [5.41, 5.74) is 2.87. The van der Waals surface area contributed by atoms with Crippen molar-refractivity contribution in [2.45, 2.75) is 32.7 Å². The smallest absolute Gasteiger partial charge is 0.115 e. The SMILES string of the molecule is CC(C)(C)N1CC=C(c2ccc(O)cc2)CC1. The second-order valence-corrected chi connectivity index (χ2v) is 5.64. The van der Waals surface area contributed by atoms with Gasteiger partial charge in [0.05, 0.1) is 0 Å². The minimum absolute atomic E-state index is 0.247. The van der Waals surface area contributed by atoms with E-state index in [1.54, 1.807) is 12.1 Å². The summed E-state index contributed by atoms with van der Waals surface area (Å²) in [6.07, 6.45) is 3.39. The Labute approximate surface area is 104 Å². The predicted octanol–water partition coefficient (Wildman–Crippen LogP) is 3.28. The highest BCUT2D eigenvalue weighted by molar-refractivity contribution is 5.67. The van der Waals surface area contributed by atoms with E-state index in [0.29, 0.717) is 5.75 Å². The van der Waals surface area contributed by atoms with E-state index in [2.05, 4.69) is 31.7 Å². The van der Waals surface area contributed by atoms with Gasteiger partial charge in [-0.2, -0.15) is 0 Å². The first kappa shape index (κ1) is 12.2. The van der Waals surface area contributed by atoms with E-state index in [0.717, 1.165) is 19.5 Å². The molecule has 0 radical (unpaired) electrons. The van der Waals surface area contributed by atoms with Crippen molar-refractivity contribution in [3.05, 3.63) is 35.9 Å². The number of aromatic hydroxyl groups is 1. The van der Waals surface area contributed by atoms with Gasteiger partial charge in [0.25, 0.3) is 0 Å². The largest absolute Gasteiger partial charge is 0.508 e. The molecule has 0 atom stereocenters. The van der Waals surface area contributed by atoms with E-state index >= 15 is 0 Å². The third kappa shape index (κ3) is 2.89. The Morgan fingerprint density at radius 3 is 2.24 bits per heavy atom. The van der Waals surface area contributed by atoms with Crippen LogP contribution in [0.5, 0.6) is 5.75 Å². The lowest BCUT2D eigenvalue weighted by molar-refractivity contribution is 0.153. The van der Waals surface area contributed by atoms with Gasteiger partial charge < -0.3 is 5.11 Å². The molecular weight excluding hydrogens is 210 g/mol. The normalized spacial score (nSPS) is 17.9. The van der Waals surface area contributed by atoms with Crippen molar-refractivity contribution < 1.29 is 5.11 Å². The lowest BCUT2D eigenvalue weighted by Crippen LogP contribution is -2.43. The molecular formula is C15H21NO. The highest BCUT2D eigenvalue weighted by Gasteiger charge is 2.23. The molecule has 92 valence electrons. The maximum absolute atomic E-state index is 9.28. The lowest BCUT2D eigenvalue weighted by atomic mass is 9.96. The number of nitrogens with zero attached hydrogens (tertiary/aromatic N) is 1. The van der Waals surface area contributed by atoms with Gasteiger partial charge in [-0.05, 0) is 50.5 Å². The Balaban J connectivity index is 2.11. The lowest BCUT2D eigenvalue weighted by Gasteiger charge is -2.37. The highest BCUT2D eigenvalue weighted by Crippen LogP contribution is 2.26. The van der Waals surface area contributed by atoms with Crippen molar-refractivity contribution in [3.63, 3.8) is 0 Å². The van der Waals surface area contributed by atoms with Gasteiger partial charge in [-0.3, -0.25) is 4.90 Å². The number of hydrogen-bond donors (Lipinski definition) is 1. The number of phenols is 1. The molecule has 2 rings (SSSR count). The van der Waals surface area contributed by atoms with Gasteiger partial charge in [-0.25, -0.2) is 0 Å². The first-order valence-electron chi connectivity index (χ1n) is 6.20. The Morgan fingerprint density at radius 2 is 1.76 bits per heavy atom. The maximum Gasteiger partial charge on any atom is 0.115 e. The van der Waals surface area contributed by atoms with Crippen LogP contribution in [0.3, 0.4) is 0 Å². The Bertz CT molecular complexity index is 412. The molecule has 0 amide bonds. The standard InChI is InChI=1S/C15H21NO/c1-15(2,3)16-10-8-13(9-11-16)12-4-6-14(17)7-5-12/h4-8,17H,9-11H2,1-3H3. The first-order chi connectivity index (χ1) is 7.97. The fourth-order valence-corrected chi connectivity index (χ4v) is 2.22. The van der Waals surface area contributed by atoms with E-state index in [1.807, 2.05) is 12.1 Å². The van der Waals surface area contributed by atoms with Crippen LogP contribution in [-0.4, -0.2) is 28.6 Å². The van der Waals surface area contributed by atoms with Crippen LogP contribution in [0.15, 0.2) is 30.3 Å². The molecule has 0 saturated carbocycles. The van der Waals surface area contributed by atoms with Gasteiger partial charge in [-0.15, -0.1) is 0 Å². The van der Waals surface area contributed by atoms with Gasteiger partial charge >= 0.3 is 0 Å². The summed E-state index contributed by atoms with van der Waals surface area (Å²) in [6, 6.07) is 7.50. The van der Waals surface area contributed by atoms with E-state index in [9.17, 15) is 5.11 Å². The van der Waals surface area contributed by atoms with Crippen molar-refractivity contribution in [3.8, 4) is 5.75 Å². The molecule has 0 unspecified atom stereocenters. The molecule has 1 aliphatic heterocycles. The monoisotopic (exact) mass is 231 g/mol. The van der Waals surface area contributed by atoms with E-state index in [-0.39, 0.29) is 5.54 Å². The molecule has 2 nitrogen and oxygen atoms in total. The van der Waals surface area contributed by atoms with Crippen LogP contribution < -0.4 is 0 Å². The molecule has 0 aromatic heterocycles. The summed E-state index contributed by atoms with van der Waals surface area (Å²) in [6.45, 7) is 8.89. The van der Waals surface area contributed by atoms with Gasteiger partial charge in [-0.1, -0.05) is 18.2 Å². The average molecular weight is 231 g/mol. The van der Waals surface area contributed by atoms with Crippen LogP contribution in [0, 0.1) is 0 Å². The zero-order valence-electron chi connectivity index (χ0n) is 10.9. The molecule has 1 aromatic rings. The molecule has 0 spiro atoms. The molecule has 1 heterocycles. The maximum atomic E-state index is 9.28. The predicted molar refractivity (Wildman–Crippen MR) is 72.0 cm³/mol. The fraction of sp³-hybridized carbons (Fsp3) is 0.467. The number of benzene rings is 1. The Morgan fingerprint density at radius 1 is 1.12 bits per heavy atom. The second kappa shape index (κ2) is 4.53. The first-order valence-corrected chi connectivity index (χ1v) is 6.20. The molecule has 0 saturated heterocycles. The van der Waals surface area contributed by atoms with Crippen LogP contribution >= 0.6 is 0 Å². The molecule has 2 heteroatoms. The molecule has 0 aliphatic carbocycles. The molecule has 0 fully saturated rings. The molecule has 1 N–H and O–H groups in total. The van der Waals surface area contributed by atoms with Crippen LogP contribution in [0.4, 0.5) is 0 Å². The van der Waals surface area contributed by atoms with Gasteiger partial charge in [0.1, 0.15) is 5.75 Å².